The maximum absolute atomic E-state index is 13.3. The fraction of sp³-hybridized carbons (Fsp3) is 0.417. The lowest BCUT2D eigenvalue weighted by Crippen LogP contribution is -2.19. The van der Waals surface area contributed by atoms with Crippen molar-refractivity contribution in [1.29, 1.82) is 0 Å². The molecule has 0 heterocycles. The van der Waals surface area contributed by atoms with E-state index in [1.54, 1.807) is 6.92 Å². The van der Waals surface area contributed by atoms with Crippen LogP contribution in [-0.2, 0) is 15.5 Å². The molecular weight excluding hydrogens is 230 g/mol. The zero-order valence-corrected chi connectivity index (χ0v) is 9.83. The molecule has 5 heteroatoms. The van der Waals surface area contributed by atoms with Crippen LogP contribution in [0.1, 0.15) is 29.7 Å². The molecule has 17 heavy (non-hydrogen) atoms. The third-order valence-corrected chi connectivity index (χ3v) is 2.40. The summed E-state index contributed by atoms with van der Waals surface area (Å²) in [5.41, 5.74) is 0.182. The molecule has 1 aromatic carbocycles. The lowest BCUT2D eigenvalue weighted by molar-refractivity contribution is -0.150. The predicted octanol–water partition coefficient (Wildman–Crippen LogP) is 2.31. The molecular formula is C12H14F2O3. The maximum Gasteiger partial charge on any atom is 0.339 e. The first-order valence-corrected chi connectivity index (χ1v) is 5.02. The van der Waals surface area contributed by atoms with E-state index in [1.807, 2.05) is 0 Å². The molecule has 0 saturated heterocycles. The minimum Gasteiger partial charge on any atom is -0.467 e. The summed E-state index contributed by atoms with van der Waals surface area (Å²) >= 11 is 0. The highest BCUT2D eigenvalue weighted by Gasteiger charge is 2.32. The zero-order chi connectivity index (χ0) is 13.2. The number of alkyl halides is 2. The highest BCUT2D eigenvalue weighted by atomic mass is 19.3. The standard InChI is InChI=1S/C12H14F2O3/c1-7-4-5-9(12(2,13)14)8(6-7)10(15)11(16)17-3/h4-6,10,15H,1-3H3. The molecule has 1 aromatic rings. The summed E-state index contributed by atoms with van der Waals surface area (Å²) in [6.45, 7) is 2.40. The van der Waals surface area contributed by atoms with Crippen molar-refractivity contribution in [3.63, 3.8) is 0 Å². The number of hydrogen-bond acceptors (Lipinski definition) is 3. The Balaban J connectivity index is 3.30. The molecule has 94 valence electrons. The first-order valence-electron chi connectivity index (χ1n) is 5.02. The molecule has 0 fully saturated rings. The molecule has 1 atom stereocenters. The molecule has 1 unspecified atom stereocenters. The lowest BCUT2D eigenvalue weighted by atomic mass is 9.96. The van der Waals surface area contributed by atoms with E-state index >= 15 is 0 Å². The van der Waals surface area contributed by atoms with E-state index in [4.69, 9.17) is 0 Å². The van der Waals surface area contributed by atoms with Crippen molar-refractivity contribution < 1.29 is 23.4 Å². The second-order valence-corrected chi connectivity index (χ2v) is 3.90. The van der Waals surface area contributed by atoms with Crippen LogP contribution >= 0.6 is 0 Å². The lowest BCUT2D eigenvalue weighted by Gasteiger charge is -2.19. The van der Waals surface area contributed by atoms with E-state index in [1.165, 1.54) is 18.2 Å². The molecule has 1 N–H and O–H groups in total. The average molecular weight is 244 g/mol. The number of ether oxygens (including phenoxy) is 1. The molecule has 0 amide bonds. The molecule has 3 nitrogen and oxygen atoms in total. The number of carbonyl (C=O) groups excluding carboxylic acids is 1. The van der Waals surface area contributed by atoms with E-state index < -0.39 is 18.0 Å². The van der Waals surface area contributed by atoms with Gasteiger partial charge in [0.05, 0.1) is 7.11 Å². The molecule has 0 aliphatic carbocycles. The average Bonchev–Trinajstić information content (AvgIpc) is 2.25. The monoisotopic (exact) mass is 244 g/mol. The highest BCUT2D eigenvalue weighted by Crippen LogP contribution is 2.33. The topological polar surface area (TPSA) is 46.5 Å². The third-order valence-electron chi connectivity index (χ3n) is 2.40. The fourth-order valence-electron chi connectivity index (χ4n) is 1.55. The predicted molar refractivity (Wildman–Crippen MR) is 57.7 cm³/mol. The van der Waals surface area contributed by atoms with E-state index in [2.05, 4.69) is 4.74 Å². The normalized spacial score (nSPS) is 13.3. The van der Waals surface area contributed by atoms with Gasteiger partial charge in [0.25, 0.3) is 5.92 Å². The Labute approximate surface area is 98.0 Å². The van der Waals surface area contributed by atoms with E-state index in [0.29, 0.717) is 12.5 Å². The smallest absolute Gasteiger partial charge is 0.339 e. The van der Waals surface area contributed by atoms with Gasteiger partial charge in [0.15, 0.2) is 6.10 Å². The van der Waals surface area contributed by atoms with Crippen LogP contribution in [-0.4, -0.2) is 18.2 Å². The molecule has 0 aliphatic rings. The summed E-state index contributed by atoms with van der Waals surface area (Å²) in [4.78, 5) is 11.2. The van der Waals surface area contributed by atoms with Crippen LogP contribution in [0.3, 0.4) is 0 Å². The van der Waals surface area contributed by atoms with Crippen molar-refractivity contribution in [3.05, 3.63) is 34.9 Å². The van der Waals surface area contributed by atoms with E-state index in [-0.39, 0.29) is 11.1 Å². The van der Waals surface area contributed by atoms with Gasteiger partial charge in [0.1, 0.15) is 0 Å². The van der Waals surface area contributed by atoms with Crippen molar-refractivity contribution >= 4 is 5.97 Å². The van der Waals surface area contributed by atoms with Gasteiger partial charge in [0, 0.05) is 18.1 Å². The van der Waals surface area contributed by atoms with Crippen LogP contribution in [0.4, 0.5) is 8.78 Å². The van der Waals surface area contributed by atoms with Crippen molar-refractivity contribution in [2.75, 3.05) is 7.11 Å². The van der Waals surface area contributed by atoms with Crippen LogP contribution in [0.25, 0.3) is 0 Å². The van der Waals surface area contributed by atoms with Crippen LogP contribution < -0.4 is 0 Å². The molecule has 0 spiro atoms. The summed E-state index contributed by atoms with van der Waals surface area (Å²) in [6, 6.07) is 4.06. The van der Waals surface area contributed by atoms with E-state index in [0.717, 1.165) is 7.11 Å². The molecule has 0 bridgehead atoms. The summed E-state index contributed by atoms with van der Waals surface area (Å²) in [7, 11) is 1.09. The molecule has 0 radical (unpaired) electrons. The van der Waals surface area contributed by atoms with Crippen molar-refractivity contribution in [3.8, 4) is 0 Å². The minimum atomic E-state index is -3.13. The first kappa shape index (κ1) is 13.6. The maximum atomic E-state index is 13.3. The van der Waals surface area contributed by atoms with Gasteiger partial charge >= 0.3 is 5.97 Å². The third kappa shape index (κ3) is 3.00. The van der Waals surface area contributed by atoms with Gasteiger partial charge in [-0.15, -0.1) is 0 Å². The number of hydrogen-bond donors (Lipinski definition) is 1. The number of carbonyl (C=O) groups is 1. The minimum absolute atomic E-state index is 0.121. The number of methoxy groups -OCH3 is 1. The fourth-order valence-corrected chi connectivity index (χ4v) is 1.55. The van der Waals surface area contributed by atoms with Crippen LogP contribution in [0.5, 0.6) is 0 Å². The Morgan fingerprint density at radius 3 is 2.53 bits per heavy atom. The zero-order valence-electron chi connectivity index (χ0n) is 9.83. The number of esters is 1. The van der Waals surface area contributed by atoms with Crippen LogP contribution in [0.15, 0.2) is 18.2 Å². The van der Waals surface area contributed by atoms with Crippen molar-refractivity contribution in [2.24, 2.45) is 0 Å². The molecule has 0 aliphatic heterocycles. The number of halogens is 2. The number of rotatable bonds is 3. The Kier molecular flexibility index (Phi) is 3.83. The summed E-state index contributed by atoms with van der Waals surface area (Å²) in [5, 5.41) is 9.65. The summed E-state index contributed by atoms with van der Waals surface area (Å²) in [6.07, 6.45) is -1.69. The first-order chi connectivity index (χ1) is 7.77. The van der Waals surface area contributed by atoms with Gasteiger partial charge in [-0.3, -0.25) is 0 Å². The summed E-state index contributed by atoms with van der Waals surface area (Å²) in [5.74, 6) is -4.08. The van der Waals surface area contributed by atoms with Gasteiger partial charge in [-0.05, 0) is 6.92 Å². The largest absolute Gasteiger partial charge is 0.467 e. The van der Waals surface area contributed by atoms with Gasteiger partial charge < -0.3 is 9.84 Å². The van der Waals surface area contributed by atoms with Gasteiger partial charge in [-0.25, -0.2) is 13.6 Å². The molecule has 0 saturated carbocycles. The SMILES string of the molecule is COC(=O)C(O)c1cc(C)ccc1C(C)(F)F. The second kappa shape index (κ2) is 4.79. The van der Waals surface area contributed by atoms with E-state index in [9.17, 15) is 18.7 Å². The Morgan fingerprint density at radius 2 is 2.06 bits per heavy atom. The van der Waals surface area contributed by atoms with Crippen molar-refractivity contribution in [1.82, 2.24) is 0 Å². The van der Waals surface area contributed by atoms with Crippen molar-refractivity contribution in [2.45, 2.75) is 25.9 Å². The van der Waals surface area contributed by atoms with Gasteiger partial charge in [-0.2, -0.15) is 0 Å². The highest BCUT2D eigenvalue weighted by molar-refractivity contribution is 5.76. The quantitative estimate of drug-likeness (QED) is 0.830. The molecule has 1 rings (SSSR count). The number of aryl methyl sites for hydroxylation is 1. The van der Waals surface area contributed by atoms with Gasteiger partial charge in [0.2, 0.25) is 0 Å². The second-order valence-electron chi connectivity index (χ2n) is 3.90. The van der Waals surface area contributed by atoms with Gasteiger partial charge in [-0.1, -0.05) is 23.8 Å². The molecule has 0 aromatic heterocycles. The number of aliphatic hydroxyl groups excluding tert-OH is 1. The van der Waals surface area contributed by atoms with Crippen LogP contribution in [0, 0.1) is 6.92 Å². The summed E-state index contributed by atoms with van der Waals surface area (Å²) < 4.78 is 31.0. The Hall–Kier alpha value is -1.49. The van der Waals surface area contributed by atoms with Crippen LogP contribution in [0.2, 0.25) is 0 Å². The number of aliphatic hydroxyl groups is 1. The Morgan fingerprint density at radius 1 is 1.47 bits per heavy atom. The number of benzene rings is 1. The Bertz CT molecular complexity index is 424.